The molecule has 0 bridgehead atoms. The molecule has 1 aromatic heterocycles. The van der Waals surface area contributed by atoms with Gasteiger partial charge in [0.25, 0.3) is 5.56 Å². The third-order valence-corrected chi connectivity index (χ3v) is 2.55. The second-order valence-corrected chi connectivity index (χ2v) is 3.79. The number of benzene rings is 1. The number of aromatic nitrogens is 1. The SMILES string of the molecule is NC(=O)Cn1cc(C(=O)O)c2ccccc2c1=O. The fourth-order valence-electron chi connectivity index (χ4n) is 1.80. The van der Waals surface area contributed by atoms with Gasteiger partial charge in [-0.1, -0.05) is 18.2 Å². The number of aromatic carboxylic acids is 1. The largest absolute Gasteiger partial charge is 0.478 e. The quantitative estimate of drug-likeness (QED) is 0.806. The van der Waals surface area contributed by atoms with Crippen molar-refractivity contribution in [3.05, 3.63) is 46.4 Å². The van der Waals surface area contributed by atoms with Crippen LogP contribution in [0.15, 0.2) is 35.3 Å². The summed E-state index contributed by atoms with van der Waals surface area (Å²) in [5.41, 5.74) is 4.55. The second-order valence-electron chi connectivity index (χ2n) is 3.79. The zero-order valence-electron chi connectivity index (χ0n) is 9.29. The topological polar surface area (TPSA) is 102 Å². The monoisotopic (exact) mass is 246 g/mol. The molecule has 0 spiro atoms. The van der Waals surface area contributed by atoms with Crippen molar-refractivity contribution in [3.8, 4) is 0 Å². The van der Waals surface area contributed by atoms with Gasteiger partial charge >= 0.3 is 5.97 Å². The first-order chi connectivity index (χ1) is 8.50. The maximum atomic E-state index is 12.0. The van der Waals surface area contributed by atoms with Gasteiger partial charge in [-0.15, -0.1) is 0 Å². The lowest BCUT2D eigenvalue weighted by Crippen LogP contribution is -2.28. The van der Waals surface area contributed by atoms with Gasteiger partial charge in [0.1, 0.15) is 6.54 Å². The van der Waals surface area contributed by atoms with Crippen molar-refractivity contribution in [3.63, 3.8) is 0 Å². The minimum atomic E-state index is -1.16. The second kappa shape index (κ2) is 4.33. The molecule has 1 aromatic carbocycles. The summed E-state index contributed by atoms with van der Waals surface area (Å²) in [5, 5.41) is 9.69. The summed E-state index contributed by atoms with van der Waals surface area (Å²) >= 11 is 0. The molecule has 0 aliphatic heterocycles. The number of carbonyl (C=O) groups is 2. The molecular formula is C12H10N2O4. The molecule has 92 valence electrons. The number of hydrogen-bond donors (Lipinski definition) is 2. The number of amides is 1. The fraction of sp³-hybridized carbons (Fsp3) is 0.0833. The van der Waals surface area contributed by atoms with E-state index in [-0.39, 0.29) is 17.5 Å². The van der Waals surface area contributed by atoms with Gasteiger partial charge in [0.15, 0.2) is 0 Å². The third-order valence-electron chi connectivity index (χ3n) is 2.55. The van der Waals surface area contributed by atoms with Crippen LogP contribution in [0.25, 0.3) is 10.8 Å². The average molecular weight is 246 g/mol. The summed E-state index contributed by atoms with van der Waals surface area (Å²) in [7, 11) is 0. The van der Waals surface area contributed by atoms with Crippen molar-refractivity contribution < 1.29 is 14.7 Å². The highest BCUT2D eigenvalue weighted by Gasteiger charge is 2.14. The Balaban J connectivity index is 2.83. The van der Waals surface area contributed by atoms with Gasteiger partial charge in [-0.2, -0.15) is 0 Å². The van der Waals surface area contributed by atoms with Crippen molar-refractivity contribution in [1.29, 1.82) is 0 Å². The number of nitrogens with two attached hydrogens (primary N) is 1. The highest BCUT2D eigenvalue weighted by Crippen LogP contribution is 2.15. The Morgan fingerprint density at radius 3 is 2.39 bits per heavy atom. The lowest BCUT2D eigenvalue weighted by Gasteiger charge is -2.08. The van der Waals surface area contributed by atoms with Crippen LogP contribution < -0.4 is 11.3 Å². The Kier molecular flexibility index (Phi) is 2.85. The number of fused-ring (bicyclic) bond motifs is 1. The molecule has 0 unspecified atom stereocenters. The summed E-state index contributed by atoms with van der Waals surface area (Å²) in [6.07, 6.45) is 1.14. The lowest BCUT2D eigenvalue weighted by molar-refractivity contribution is -0.118. The average Bonchev–Trinajstić information content (AvgIpc) is 2.32. The van der Waals surface area contributed by atoms with Gasteiger partial charge in [-0.3, -0.25) is 9.59 Å². The lowest BCUT2D eigenvalue weighted by atomic mass is 10.1. The van der Waals surface area contributed by atoms with E-state index in [1.807, 2.05) is 0 Å². The molecule has 2 rings (SSSR count). The van der Waals surface area contributed by atoms with Gasteiger partial charge in [-0.25, -0.2) is 4.79 Å². The zero-order valence-corrected chi connectivity index (χ0v) is 9.29. The van der Waals surface area contributed by atoms with E-state index >= 15 is 0 Å². The van der Waals surface area contributed by atoms with Crippen LogP contribution in [0.5, 0.6) is 0 Å². The molecule has 18 heavy (non-hydrogen) atoms. The molecule has 1 amide bonds. The highest BCUT2D eigenvalue weighted by atomic mass is 16.4. The number of nitrogens with zero attached hydrogens (tertiary/aromatic N) is 1. The van der Waals surface area contributed by atoms with Crippen LogP contribution in [0, 0.1) is 0 Å². The highest BCUT2D eigenvalue weighted by molar-refractivity contribution is 6.03. The van der Waals surface area contributed by atoms with E-state index in [9.17, 15) is 14.4 Å². The van der Waals surface area contributed by atoms with Gasteiger partial charge in [0.2, 0.25) is 5.91 Å². The molecule has 6 nitrogen and oxygen atoms in total. The minimum Gasteiger partial charge on any atom is -0.478 e. The Labute approximate surface area is 101 Å². The van der Waals surface area contributed by atoms with Crippen molar-refractivity contribution >= 4 is 22.6 Å². The van der Waals surface area contributed by atoms with Crippen molar-refractivity contribution in [2.75, 3.05) is 0 Å². The number of rotatable bonds is 3. The molecule has 2 aromatic rings. The van der Waals surface area contributed by atoms with E-state index in [0.29, 0.717) is 5.39 Å². The standard InChI is InChI=1S/C12H10N2O4/c13-10(15)6-14-5-9(12(17)18)7-3-1-2-4-8(7)11(14)16/h1-5H,6H2,(H2,13,15)(H,17,18). The Hall–Kier alpha value is -2.63. The molecule has 1 heterocycles. The number of carboxylic acids is 1. The Bertz CT molecular complexity index is 703. The van der Waals surface area contributed by atoms with Crippen molar-refractivity contribution in [1.82, 2.24) is 4.57 Å². The van der Waals surface area contributed by atoms with E-state index in [1.54, 1.807) is 18.2 Å². The van der Waals surface area contributed by atoms with Gasteiger partial charge in [0, 0.05) is 17.0 Å². The first-order valence-corrected chi connectivity index (χ1v) is 5.14. The van der Waals surface area contributed by atoms with Crippen LogP contribution in [0.3, 0.4) is 0 Å². The van der Waals surface area contributed by atoms with E-state index in [1.165, 1.54) is 6.07 Å². The summed E-state index contributed by atoms with van der Waals surface area (Å²) in [6.45, 7) is -0.343. The van der Waals surface area contributed by atoms with Crippen LogP contribution in [0.2, 0.25) is 0 Å². The van der Waals surface area contributed by atoms with E-state index < -0.39 is 17.4 Å². The maximum Gasteiger partial charge on any atom is 0.337 e. The minimum absolute atomic E-state index is 0.0357. The zero-order chi connectivity index (χ0) is 13.3. The van der Waals surface area contributed by atoms with Crippen molar-refractivity contribution in [2.24, 2.45) is 5.73 Å². The molecule has 0 atom stereocenters. The third kappa shape index (κ3) is 1.95. The molecule has 0 saturated carbocycles. The molecule has 0 radical (unpaired) electrons. The molecule has 6 heteroatoms. The summed E-state index contributed by atoms with van der Waals surface area (Å²) in [5.74, 6) is -1.87. The molecule has 3 N–H and O–H groups in total. The normalized spacial score (nSPS) is 10.4. The van der Waals surface area contributed by atoms with Gasteiger partial charge < -0.3 is 15.4 Å². The van der Waals surface area contributed by atoms with Crippen LogP contribution in [-0.2, 0) is 11.3 Å². The summed E-state index contributed by atoms with van der Waals surface area (Å²) < 4.78 is 1.01. The van der Waals surface area contributed by atoms with E-state index in [4.69, 9.17) is 10.8 Å². The summed E-state index contributed by atoms with van der Waals surface area (Å²) in [6, 6.07) is 6.34. The first kappa shape index (κ1) is 11.8. The van der Waals surface area contributed by atoms with E-state index in [2.05, 4.69) is 0 Å². The van der Waals surface area contributed by atoms with Crippen LogP contribution >= 0.6 is 0 Å². The molecule has 0 aliphatic rings. The molecular weight excluding hydrogens is 236 g/mol. The van der Waals surface area contributed by atoms with Crippen LogP contribution in [-0.4, -0.2) is 21.6 Å². The number of carboxylic acid groups (broad SMARTS) is 1. The van der Waals surface area contributed by atoms with E-state index in [0.717, 1.165) is 10.8 Å². The number of primary amides is 1. The Morgan fingerprint density at radius 2 is 1.83 bits per heavy atom. The number of pyridine rings is 1. The Morgan fingerprint density at radius 1 is 1.22 bits per heavy atom. The number of carbonyl (C=O) groups excluding carboxylic acids is 1. The fourth-order valence-corrected chi connectivity index (χ4v) is 1.80. The molecule has 0 fully saturated rings. The van der Waals surface area contributed by atoms with Gasteiger partial charge in [-0.05, 0) is 6.07 Å². The smallest absolute Gasteiger partial charge is 0.337 e. The van der Waals surface area contributed by atoms with Crippen LogP contribution in [0.1, 0.15) is 10.4 Å². The first-order valence-electron chi connectivity index (χ1n) is 5.14. The van der Waals surface area contributed by atoms with Gasteiger partial charge in [0.05, 0.1) is 5.56 Å². The maximum absolute atomic E-state index is 12.0. The predicted octanol–water partition coefficient (Wildman–Crippen LogP) is 0.185. The summed E-state index contributed by atoms with van der Waals surface area (Å²) in [4.78, 5) is 34.0. The number of hydrogen-bond acceptors (Lipinski definition) is 3. The predicted molar refractivity (Wildman–Crippen MR) is 64.4 cm³/mol. The van der Waals surface area contributed by atoms with Crippen molar-refractivity contribution in [2.45, 2.75) is 6.54 Å². The molecule has 0 saturated heterocycles. The van der Waals surface area contributed by atoms with Crippen LogP contribution in [0.4, 0.5) is 0 Å². The molecule has 0 aliphatic carbocycles.